The third-order valence-corrected chi connectivity index (χ3v) is 64.8. The molecule has 7 aliphatic carbocycles. The van der Waals surface area contributed by atoms with Crippen molar-refractivity contribution in [3.05, 3.63) is 188 Å². The fraction of sp³-hybridized carbons (Fsp3) is 0.443. The molecule has 13 fully saturated rings. The second-order valence-corrected chi connectivity index (χ2v) is 58.0. The van der Waals surface area contributed by atoms with E-state index in [4.69, 9.17) is 72.6 Å². The van der Waals surface area contributed by atoms with E-state index in [-0.39, 0.29) is 38.8 Å². The maximum atomic E-state index is 8.89. The van der Waals surface area contributed by atoms with E-state index in [1.165, 1.54) is 17.8 Å². The smallest absolute Gasteiger partial charge is 0.373 e. The Morgan fingerprint density at radius 3 is 0.840 bits per heavy atom. The maximum Gasteiger partial charge on any atom is 0.515 e. The van der Waals surface area contributed by atoms with E-state index in [9.17, 15) is 0 Å². The molecule has 6 aliphatic heterocycles. The zero-order valence-corrected chi connectivity index (χ0v) is 68.9. The molecule has 0 unspecified atom stereocenters. The Morgan fingerprint density at radius 2 is 0.547 bits per heavy atom. The lowest BCUT2D eigenvalue weighted by molar-refractivity contribution is -0.0428. The number of benzene rings is 8. The van der Waals surface area contributed by atoms with Crippen LogP contribution in [-0.2, 0) is 49.4 Å². The van der Waals surface area contributed by atoms with E-state index in [0.29, 0.717) is 0 Å². The van der Waals surface area contributed by atoms with Crippen molar-refractivity contribution < 1.29 is 49.4 Å². The number of anilines is 6. The molecular weight excluding hydrogens is 1450 g/mol. The fourth-order valence-electron chi connectivity index (χ4n) is 20.4. The molecule has 0 amide bonds. The quantitative estimate of drug-likeness (QED) is 0.0854. The molecule has 0 N–H and O–H groups in total. The zero-order valence-electron chi connectivity index (χ0n) is 60.9. The maximum absolute atomic E-state index is 8.89. The summed E-state index contributed by atoms with van der Waals surface area (Å²) < 4.78 is 106. The number of hydrogen-bond donors (Lipinski definition) is 0. The van der Waals surface area contributed by atoms with Crippen LogP contribution in [0.25, 0.3) is 32.7 Å². The molecule has 7 radical (unpaired) electrons. The molecule has 13 aliphatic rings. The summed E-state index contributed by atoms with van der Waals surface area (Å²) in [6.07, 6.45) is 27.1. The monoisotopic (exact) mass is 1540 g/mol. The van der Waals surface area contributed by atoms with Crippen LogP contribution < -0.4 is 15.0 Å². The second kappa shape index (κ2) is 29.2. The summed E-state index contributed by atoms with van der Waals surface area (Å²) in [6, 6.07) is 68.8. The Hall–Kier alpha value is -4.54. The van der Waals surface area contributed by atoms with Gasteiger partial charge in [0.25, 0.3) is 0 Å². The van der Waals surface area contributed by atoms with E-state index in [0.717, 1.165) is 241 Å². The number of nitrogens with zero attached hydrogens (tertiary/aromatic N) is 2. The van der Waals surface area contributed by atoms with Gasteiger partial charge < -0.3 is 59.2 Å². The normalized spacial score (nSPS) is 32.3. The predicted molar refractivity (Wildman–Crippen MR) is 439 cm³/mol. The van der Waals surface area contributed by atoms with Crippen molar-refractivity contribution in [3.63, 3.8) is 0 Å². The average molecular weight is 1540 g/mol. The minimum Gasteiger partial charge on any atom is -0.373 e. The van der Waals surface area contributed by atoms with Crippen LogP contribution in [0.1, 0.15) is 180 Å². The van der Waals surface area contributed by atoms with E-state index >= 15 is 0 Å². The molecule has 27 heteroatoms. The molecule has 21 rings (SSSR count). The van der Waals surface area contributed by atoms with Crippen LogP contribution in [0.3, 0.4) is 0 Å². The average Bonchev–Trinajstić information content (AvgIpc) is 0.920. The first-order valence-electron chi connectivity index (χ1n) is 40.3. The van der Waals surface area contributed by atoms with Gasteiger partial charge in [-0.15, -0.1) is 0 Å². The number of rotatable bonds is 16. The molecule has 539 valence electrons. The third-order valence-electron chi connectivity index (χ3n) is 25.6. The van der Waals surface area contributed by atoms with Crippen molar-refractivity contribution in [1.82, 2.24) is 0 Å². The van der Waals surface area contributed by atoms with Crippen LogP contribution in [0.2, 0.25) is 38.8 Å². The van der Waals surface area contributed by atoms with Gasteiger partial charge in [0.05, 0.1) is 11.4 Å². The van der Waals surface area contributed by atoms with Crippen molar-refractivity contribution in [2.75, 3.05) is 9.80 Å². The SMILES string of the molecule is [B][B]B([B])[B].c1ccc(N(c2cc(-c3ccc([Si]45O[Si]6(C7CCCC7)O[Si]7(C8CCCC8)O[Si](C8CCCC8)(O4)O[Si]4(C8CCCC8)O[Si](C8CCCC8)(O5)O[Si](C5CCCC5)(O6)O[Si](C5CCCC5)(O7)O4)cc3)cc(N(c3ccccc3)c3cccc4ccccc34)c2)c2cccc3ccccc23)cc1. The largest absolute Gasteiger partial charge is 0.515 e. The molecule has 0 aromatic heterocycles. The molecule has 8 aromatic rings. The molecule has 8 bridgehead atoms. The van der Waals surface area contributed by atoms with Gasteiger partial charge in [0, 0.05) is 114 Å². The standard InChI is InChI=1S/C79H94N2O12Si8.B5/c1-3-31-64(32-4-1)80(78-51-25-29-61-27-7-23-49-76(61)78)66-57-63(58-67(59-66)81(65-33-5-2-6-34-65)79-52-26-30-62-28-8-24-50-77(62)79)60-53-55-75(56-54-60)101-91-98(72-43-17-18-44-72)85-95(69-37-11-12-38-69)82-94(68-35-9-10-36-68)83-96(87-98,70-39-13-14-40-70)89-100(93-101,74-47-21-22-48-74)90-97(84-94,71-41-15-16-42-71)88-99(86-95,92-101)73-45-19-20-46-73;1-4-5(2)3/h1-8,23-34,49-59,68-74H,9-22,35-48H2;. The molecule has 6 heterocycles. The Labute approximate surface area is 640 Å². The zero-order chi connectivity index (χ0) is 71.2. The van der Waals surface area contributed by atoms with Crippen LogP contribution in [0.5, 0.6) is 0 Å². The lowest BCUT2D eigenvalue weighted by Crippen LogP contribution is -2.91. The fourth-order valence-corrected chi connectivity index (χ4v) is 76.0. The highest BCUT2D eigenvalue weighted by Gasteiger charge is 2.88. The highest BCUT2D eigenvalue weighted by molar-refractivity contribution is 7.60. The minimum absolute atomic E-state index is 0.00234. The number of fused-ring (bicyclic) bond motifs is 2. The van der Waals surface area contributed by atoms with Crippen LogP contribution in [-0.4, -0.2) is 107 Å². The Kier molecular flexibility index (Phi) is 19.8. The van der Waals surface area contributed by atoms with Crippen molar-refractivity contribution in [1.29, 1.82) is 0 Å². The van der Waals surface area contributed by atoms with Gasteiger partial charge in [-0.2, -0.15) is 0 Å². The van der Waals surface area contributed by atoms with E-state index in [2.05, 4.69) is 198 Å². The summed E-state index contributed by atoms with van der Waals surface area (Å²) in [5.74, 6) is 0. The van der Waals surface area contributed by atoms with Crippen molar-refractivity contribution in [2.45, 2.75) is 219 Å². The van der Waals surface area contributed by atoms with Crippen LogP contribution in [0, 0.1) is 0 Å². The highest BCUT2D eigenvalue weighted by Crippen LogP contribution is 2.66. The first-order valence-corrected chi connectivity index (χ1v) is 54.7. The van der Waals surface area contributed by atoms with Crippen molar-refractivity contribution >= 4 is 168 Å². The third kappa shape index (κ3) is 12.8. The van der Waals surface area contributed by atoms with Crippen LogP contribution in [0.15, 0.2) is 188 Å². The van der Waals surface area contributed by atoms with Gasteiger partial charge in [0.15, 0.2) is 0 Å². The first kappa shape index (κ1) is 71.8. The van der Waals surface area contributed by atoms with E-state index < -0.39 is 76.8 Å². The lowest BCUT2D eigenvalue weighted by Gasteiger charge is -2.66. The van der Waals surface area contributed by atoms with Crippen molar-refractivity contribution in [3.8, 4) is 11.1 Å². The molecule has 6 saturated heterocycles. The Morgan fingerprint density at radius 1 is 0.283 bits per heavy atom. The van der Waals surface area contributed by atoms with Crippen molar-refractivity contribution in [2.24, 2.45) is 0 Å². The van der Waals surface area contributed by atoms with Gasteiger partial charge in [0.2, 0.25) is 0 Å². The van der Waals surface area contributed by atoms with Gasteiger partial charge in [-0.25, -0.2) is 0 Å². The molecule has 0 atom stereocenters. The summed E-state index contributed by atoms with van der Waals surface area (Å²) in [4.78, 5) is 4.87. The topological polar surface area (TPSA) is 117 Å². The van der Waals surface area contributed by atoms with Gasteiger partial charge in [0.1, 0.15) is 0 Å². The summed E-state index contributed by atoms with van der Waals surface area (Å²) in [6.45, 7) is 0. The first-order chi connectivity index (χ1) is 51.9. The molecule has 14 nitrogen and oxygen atoms in total. The van der Waals surface area contributed by atoms with Gasteiger partial charge in [-0.05, 0) is 166 Å². The summed E-state index contributed by atoms with van der Waals surface area (Å²) in [5.41, 5.74) is 7.99. The molecule has 0 spiro atoms. The second-order valence-electron chi connectivity index (χ2n) is 32.3. The van der Waals surface area contributed by atoms with Gasteiger partial charge in [-0.3, -0.25) is 0 Å². The lowest BCUT2D eigenvalue weighted by atomic mass is 8.97. The summed E-state index contributed by atoms with van der Waals surface area (Å²) in [5, 5.41) is 5.49. The summed E-state index contributed by atoms with van der Waals surface area (Å²) in [7, 11) is -18.1. The Bertz CT molecular complexity index is 4130. The number of hydrogen-bond acceptors (Lipinski definition) is 14. The molecular formula is C79H94B5N2O12Si8. The van der Waals surface area contributed by atoms with E-state index in [1.807, 2.05) is 0 Å². The molecule has 8 aromatic carbocycles. The Balaban J connectivity index is 0.00000149. The highest BCUT2D eigenvalue weighted by atomic mass is 28.6. The van der Waals surface area contributed by atoms with Crippen LogP contribution in [0.4, 0.5) is 34.1 Å². The molecule has 7 saturated carbocycles. The van der Waals surface area contributed by atoms with Gasteiger partial charge >= 0.3 is 70.4 Å². The predicted octanol–water partition coefficient (Wildman–Crippen LogP) is 19.3. The summed E-state index contributed by atoms with van der Waals surface area (Å²) >= 11 is 0. The number of para-hydroxylation sites is 2. The van der Waals surface area contributed by atoms with Crippen LogP contribution >= 0.6 is 0 Å². The minimum atomic E-state index is -4.59. The van der Waals surface area contributed by atoms with Gasteiger partial charge in [-0.1, -0.05) is 223 Å². The van der Waals surface area contributed by atoms with E-state index in [1.54, 1.807) is 0 Å². The molecule has 106 heavy (non-hydrogen) atoms.